The summed E-state index contributed by atoms with van der Waals surface area (Å²) in [6.07, 6.45) is 7.12. The van der Waals surface area contributed by atoms with Crippen molar-refractivity contribution >= 4 is 58.7 Å². The summed E-state index contributed by atoms with van der Waals surface area (Å²) in [7, 11) is 1.64. The molecule has 5 aromatic rings. The Morgan fingerprint density at radius 1 is 0.938 bits per heavy atom. The van der Waals surface area contributed by atoms with E-state index < -0.39 is 29.4 Å². The number of primary amides is 2. The fraction of sp³-hybridized carbons (Fsp3) is 0.378. The van der Waals surface area contributed by atoms with Gasteiger partial charge in [-0.2, -0.15) is 10.2 Å². The van der Waals surface area contributed by atoms with Gasteiger partial charge in [0.15, 0.2) is 5.84 Å². The largest absolute Gasteiger partial charge is 0.491 e. The van der Waals surface area contributed by atoms with Gasteiger partial charge in [0.2, 0.25) is 17.8 Å². The third-order valence-corrected chi connectivity index (χ3v) is 10.1. The number of hydrogen-bond acceptors (Lipinski definition) is 13. The molecule has 20 nitrogen and oxygen atoms in total. The van der Waals surface area contributed by atoms with Crippen molar-refractivity contribution in [1.82, 2.24) is 39.0 Å². The minimum absolute atomic E-state index is 0.147. The van der Waals surface area contributed by atoms with E-state index in [1.165, 1.54) is 23.2 Å². The Labute approximate surface area is 376 Å². The van der Waals surface area contributed by atoms with Crippen molar-refractivity contribution in [2.24, 2.45) is 21.5 Å². The van der Waals surface area contributed by atoms with Crippen molar-refractivity contribution in [1.29, 1.82) is 0 Å². The Hall–Kier alpha value is -7.64. The molecule has 65 heavy (non-hydrogen) atoms. The summed E-state index contributed by atoms with van der Waals surface area (Å²) in [5.41, 5.74) is 15.2. The third-order valence-electron chi connectivity index (χ3n) is 10.1. The van der Waals surface area contributed by atoms with Crippen LogP contribution in [-0.4, -0.2) is 107 Å². The minimum Gasteiger partial charge on any atom is -0.491 e. The molecule has 0 saturated heterocycles. The zero-order valence-corrected chi connectivity index (χ0v) is 38.1. The van der Waals surface area contributed by atoms with Crippen LogP contribution in [0.2, 0.25) is 0 Å². The van der Waals surface area contributed by atoms with Gasteiger partial charge in [0.1, 0.15) is 39.9 Å². The van der Waals surface area contributed by atoms with Crippen LogP contribution in [0.15, 0.2) is 71.1 Å². The number of nitrogens with one attached hydrogen (secondary N) is 1. The maximum absolute atomic E-state index is 13.9. The highest BCUT2D eigenvalue weighted by Crippen LogP contribution is 2.32. The normalized spacial score (nSPS) is 13.8. The third kappa shape index (κ3) is 11.1. The molecule has 0 fully saturated rings. The molecule has 0 saturated carbocycles. The van der Waals surface area contributed by atoms with Crippen molar-refractivity contribution in [3.63, 3.8) is 0 Å². The molecule has 0 unspecified atom stereocenters. The maximum Gasteiger partial charge on any atom is 0.410 e. The molecule has 342 valence electrons. The number of imidazole rings is 1. The number of hydrogen-bond donors (Lipinski definition) is 3. The molecule has 1 aliphatic heterocycles. The molecule has 1 aromatic carbocycles. The number of carbonyl (C=O) groups is 4. The number of aliphatic imine (C=N–C) groups is 2. The summed E-state index contributed by atoms with van der Waals surface area (Å²) in [5.74, 6) is -0.0947. The van der Waals surface area contributed by atoms with Crippen LogP contribution in [0.25, 0.3) is 11.0 Å². The zero-order chi connectivity index (χ0) is 47.2. The smallest absolute Gasteiger partial charge is 0.410 e. The first-order valence-electron chi connectivity index (χ1n) is 21.2. The summed E-state index contributed by atoms with van der Waals surface area (Å²) in [4.78, 5) is 73.5. The highest BCUT2D eigenvalue weighted by Gasteiger charge is 2.24. The lowest BCUT2D eigenvalue weighted by Gasteiger charge is -2.24. The molecule has 0 aliphatic carbocycles. The van der Waals surface area contributed by atoms with Gasteiger partial charge in [0, 0.05) is 69.7 Å². The van der Waals surface area contributed by atoms with Crippen molar-refractivity contribution in [2.75, 3.05) is 37.0 Å². The highest BCUT2D eigenvalue weighted by atomic mass is 16.6. The fourth-order valence-electron chi connectivity index (χ4n) is 7.04. The van der Waals surface area contributed by atoms with Crippen LogP contribution >= 0.6 is 0 Å². The second-order valence-corrected chi connectivity index (χ2v) is 16.3. The summed E-state index contributed by atoms with van der Waals surface area (Å²) < 4.78 is 17.0. The fourth-order valence-corrected chi connectivity index (χ4v) is 7.04. The number of aryl methyl sites for hydroxylation is 4. The molecule has 5 N–H and O–H groups in total. The second-order valence-electron chi connectivity index (χ2n) is 16.3. The Morgan fingerprint density at radius 2 is 1.63 bits per heavy atom. The van der Waals surface area contributed by atoms with Gasteiger partial charge in [-0.25, -0.2) is 24.7 Å². The van der Waals surface area contributed by atoms with Crippen molar-refractivity contribution in [3.05, 3.63) is 101 Å². The highest BCUT2D eigenvalue weighted by molar-refractivity contribution is 6.05. The van der Waals surface area contributed by atoms with E-state index >= 15 is 0 Å². The molecule has 4 aromatic heterocycles. The van der Waals surface area contributed by atoms with E-state index in [2.05, 4.69) is 27.1 Å². The van der Waals surface area contributed by atoms with Crippen LogP contribution in [0.3, 0.4) is 0 Å². The quantitative estimate of drug-likeness (QED) is 0.0861. The molecule has 5 heterocycles. The maximum atomic E-state index is 13.9. The van der Waals surface area contributed by atoms with E-state index in [4.69, 9.17) is 35.9 Å². The molecule has 0 spiro atoms. The van der Waals surface area contributed by atoms with E-state index in [1.807, 2.05) is 43.7 Å². The Balaban J connectivity index is 1.36. The number of nitrogens with two attached hydrogens (primary N) is 2. The van der Waals surface area contributed by atoms with Gasteiger partial charge < -0.3 is 35.3 Å². The molecule has 6 rings (SSSR count). The molecule has 0 atom stereocenters. The van der Waals surface area contributed by atoms with Crippen LogP contribution in [0.5, 0.6) is 5.75 Å². The van der Waals surface area contributed by atoms with E-state index in [0.29, 0.717) is 83.6 Å². The van der Waals surface area contributed by atoms with Gasteiger partial charge >= 0.3 is 6.09 Å². The Kier molecular flexibility index (Phi) is 14.3. The van der Waals surface area contributed by atoms with Crippen LogP contribution < -0.4 is 26.4 Å². The zero-order valence-electron chi connectivity index (χ0n) is 38.1. The Morgan fingerprint density at radius 3 is 2.32 bits per heavy atom. The summed E-state index contributed by atoms with van der Waals surface area (Å²) in [6, 6.07) is 8.35. The standard InChI is InChI=1S/C45H56N14O6/c1-10-58-34(21-27(3)53-58)40-48-16-15-30-23-32(39(47)61)26-49-41(30)56(29(5)50-40)18-12-13-19-57-37-33(51-43(57)52-42(62)35-22-28(4)54-59(35)11-2)24-31(38(46)60)25-36(37)64-20-14-17-55(9)44(63)65-45(6,7)8/h12-13,16,21-26H,5,10-11,14-15,17-20H2,1-4,6-9H3,(H2,46,60)(H2,47,61)(H,51,52,62)/b13-12+,48-16?,50-40-. The summed E-state index contributed by atoms with van der Waals surface area (Å²) in [6.45, 7) is 19.2. The lowest BCUT2D eigenvalue weighted by Crippen LogP contribution is -2.35. The second kappa shape index (κ2) is 19.8. The SMILES string of the molecule is C=C1/N=C(/c2cc(C)nn2CC)N=CCc2cc(C(N)=O)cnc2N1C/C=C/Cn1c(NC(=O)c2cc(C)nn2CC)nc2cc(C(N)=O)cc(OCCCN(C)C(=O)OC(C)(C)C)c21. The van der Waals surface area contributed by atoms with Gasteiger partial charge in [-0.15, -0.1) is 0 Å². The predicted molar refractivity (Wildman–Crippen MR) is 248 cm³/mol. The number of aromatic nitrogens is 7. The lowest BCUT2D eigenvalue weighted by atomic mass is 10.1. The summed E-state index contributed by atoms with van der Waals surface area (Å²) in [5, 5.41) is 12.0. The van der Waals surface area contributed by atoms with Crippen LogP contribution in [-0.2, 0) is 30.8 Å². The number of benzene rings is 1. The molecule has 0 bridgehead atoms. The van der Waals surface area contributed by atoms with Gasteiger partial charge in [0.25, 0.3) is 5.91 Å². The van der Waals surface area contributed by atoms with Crippen molar-refractivity contribution < 1.29 is 28.7 Å². The first kappa shape index (κ1) is 46.9. The van der Waals surface area contributed by atoms with Gasteiger partial charge in [-0.05, 0) is 85.2 Å². The molecule has 1 aliphatic rings. The number of rotatable bonds is 16. The number of amidine groups is 1. The first-order chi connectivity index (χ1) is 30.9. The Bertz CT molecular complexity index is 2730. The van der Waals surface area contributed by atoms with Crippen molar-refractivity contribution in [3.8, 4) is 5.75 Å². The van der Waals surface area contributed by atoms with Crippen LogP contribution in [0, 0.1) is 13.8 Å². The lowest BCUT2D eigenvalue weighted by molar-refractivity contribution is 0.0291. The molecular weight excluding hydrogens is 833 g/mol. The predicted octanol–water partition coefficient (Wildman–Crippen LogP) is 5.17. The van der Waals surface area contributed by atoms with Crippen molar-refractivity contribution in [2.45, 2.75) is 86.5 Å². The van der Waals surface area contributed by atoms with E-state index in [9.17, 15) is 19.2 Å². The van der Waals surface area contributed by atoms with Gasteiger partial charge in [-0.1, -0.05) is 18.7 Å². The molecular formula is C45H56N14O6. The number of allylic oxidation sites excluding steroid dienone is 1. The van der Waals surface area contributed by atoms with Gasteiger partial charge in [-0.3, -0.25) is 29.1 Å². The monoisotopic (exact) mass is 888 g/mol. The number of carbonyl (C=O) groups excluding carboxylic acids is 4. The number of nitrogens with zero attached hydrogens (tertiary/aromatic N) is 11. The van der Waals surface area contributed by atoms with Gasteiger partial charge in [0.05, 0.1) is 29.1 Å². The van der Waals surface area contributed by atoms with E-state index in [1.54, 1.807) is 67.2 Å². The average molecular weight is 889 g/mol. The van der Waals surface area contributed by atoms with Crippen LogP contribution in [0.4, 0.5) is 16.6 Å². The number of amides is 4. The number of fused-ring (bicyclic) bond motifs is 2. The number of ether oxygens (including phenoxy) is 2. The molecule has 0 radical (unpaired) electrons. The summed E-state index contributed by atoms with van der Waals surface area (Å²) >= 11 is 0. The topological polar surface area (TPSA) is 248 Å². The minimum atomic E-state index is -0.699. The molecule has 4 amide bonds. The number of anilines is 2. The average Bonchev–Trinajstić information content (AvgIpc) is 3.95. The van der Waals surface area contributed by atoms with E-state index in [-0.39, 0.29) is 42.5 Å². The number of pyridine rings is 1. The van der Waals surface area contributed by atoms with Crippen LogP contribution in [0.1, 0.15) is 94.9 Å². The first-order valence-corrected chi connectivity index (χ1v) is 21.2. The van der Waals surface area contributed by atoms with E-state index in [0.717, 1.165) is 5.69 Å². The molecule has 20 heteroatoms.